The van der Waals surface area contributed by atoms with Crippen LogP contribution in [0.5, 0.6) is 5.75 Å². The molecule has 4 unspecified atom stereocenters. The fraction of sp³-hybridized carbons (Fsp3) is 0.500. The number of aromatic hydroxyl groups is 1. The lowest BCUT2D eigenvalue weighted by Gasteiger charge is -2.22. The summed E-state index contributed by atoms with van der Waals surface area (Å²) in [7, 11) is 0. The molecule has 0 aliphatic heterocycles. The Morgan fingerprint density at radius 2 is 1.62 bits per heavy atom. The summed E-state index contributed by atoms with van der Waals surface area (Å²) >= 11 is 0. The van der Waals surface area contributed by atoms with Gasteiger partial charge in [0.15, 0.2) is 0 Å². The fourth-order valence-electron chi connectivity index (χ4n) is 2.94. The van der Waals surface area contributed by atoms with Gasteiger partial charge >= 0.3 is 5.97 Å². The summed E-state index contributed by atoms with van der Waals surface area (Å²) in [6.07, 6.45) is 0.185. The highest BCUT2D eigenvalue weighted by Gasteiger charge is 2.27. The number of carbonyl (C=O) groups excluding carboxylic acids is 4. The normalized spacial score (nSPS) is 14.2. The Labute approximate surface area is 197 Å². The number of primary amides is 1. The van der Waals surface area contributed by atoms with Gasteiger partial charge in [0.1, 0.15) is 17.8 Å². The quantitative estimate of drug-likeness (QED) is 0.171. The monoisotopic (exact) mass is 479 g/mol. The van der Waals surface area contributed by atoms with E-state index in [0.717, 1.165) is 0 Å². The van der Waals surface area contributed by atoms with E-state index < -0.39 is 54.3 Å². The van der Waals surface area contributed by atoms with E-state index in [1.165, 1.54) is 24.3 Å². The number of phenols is 1. The number of aliphatic carboxylic acids is 1. The SMILES string of the molecule is CCC(C)C(N)C(=O)NCC(=O)NC(CCC(N)=O)C(=O)NC(Cc1ccc(O)cc1)C(=O)O. The van der Waals surface area contributed by atoms with Crippen LogP contribution in [0.15, 0.2) is 24.3 Å². The number of nitrogens with one attached hydrogen (secondary N) is 3. The summed E-state index contributed by atoms with van der Waals surface area (Å²) < 4.78 is 0. The summed E-state index contributed by atoms with van der Waals surface area (Å²) in [6, 6.07) is 2.39. The molecule has 9 N–H and O–H groups in total. The van der Waals surface area contributed by atoms with Gasteiger partial charge in [0.2, 0.25) is 23.6 Å². The van der Waals surface area contributed by atoms with Crippen LogP contribution in [0, 0.1) is 5.92 Å². The zero-order valence-electron chi connectivity index (χ0n) is 19.2. The lowest BCUT2D eigenvalue weighted by Crippen LogP contribution is -2.54. The van der Waals surface area contributed by atoms with Crippen molar-refractivity contribution in [2.24, 2.45) is 17.4 Å². The minimum Gasteiger partial charge on any atom is -0.508 e. The van der Waals surface area contributed by atoms with Crippen LogP contribution in [0.4, 0.5) is 0 Å². The number of rotatable bonds is 14. The summed E-state index contributed by atoms with van der Waals surface area (Å²) in [5, 5.41) is 26.0. The predicted octanol–water partition coefficient (Wildman–Crippen LogP) is -1.26. The first-order valence-corrected chi connectivity index (χ1v) is 10.9. The van der Waals surface area contributed by atoms with Crippen LogP contribution >= 0.6 is 0 Å². The third kappa shape index (κ3) is 9.86. The van der Waals surface area contributed by atoms with E-state index in [0.29, 0.717) is 12.0 Å². The van der Waals surface area contributed by atoms with Crippen LogP contribution in [-0.2, 0) is 30.4 Å². The number of benzene rings is 1. The summed E-state index contributed by atoms with van der Waals surface area (Å²) in [5.41, 5.74) is 11.5. The fourth-order valence-corrected chi connectivity index (χ4v) is 2.94. The van der Waals surface area contributed by atoms with Gasteiger partial charge < -0.3 is 37.6 Å². The summed E-state index contributed by atoms with van der Waals surface area (Å²) in [4.78, 5) is 59.9. The van der Waals surface area contributed by atoms with Crippen molar-refractivity contribution in [2.45, 2.75) is 57.7 Å². The second kappa shape index (κ2) is 13.8. The van der Waals surface area contributed by atoms with E-state index in [2.05, 4.69) is 16.0 Å². The second-order valence-corrected chi connectivity index (χ2v) is 8.02. The Hall–Kier alpha value is -3.67. The molecule has 4 atom stereocenters. The molecule has 34 heavy (non-hydrogen) atoms. The maximum atomic E-state index is 12.7. The van der Waals surface area contributed by atoms with E-state index in [-0.39, 0.29) is 30.9 Å². The molecule has 1 aromatic rings. The number of phenolic OH excluding ortho intramolecular Hbond substituents is 1. The summed E-state index contributed by atoms with van der Waals surface area (Å²) in [5.74, 6) is -4.19. The third-order valence-electron chi connectivity index (χ3n) is 5.30. The number of nitrogens with two attached hydrogens (primary N) is 2. The van der Waals surface area contributed by atoms with Gasteiger partial charge in [-0.2, -0.15) is 0 Å². The lowest BCUT2D eigenvalue weighted by molar-refractivity contribution is -0.142. The Bertz CT molecular complexity index is 875. The molecule has 188 valence electrons. The number of carbonyl (C=O) groups is 5. The highest BCUT2D eigenvalue weighted by atomic mass is 16.4. The number of carboxylic acids is 1. The van der Waals surface area contributed by atoms with E-state index >= 15 is 0 Å². The molecular formula is C22H33N5O7. The van der Waals surface area contributed by atoms with Gasteiger partial charge in [-0.3, -0.25) is 19.2 Å². The van der Waals surface area contributed by atoms with Gasteiger partial charge in [-0.05, 0) is 30.0 Å². The molecule has 4 amide bonds. The molecule has 0 bridgehead atoms. The average Bonchev–Trinajstić information content (AvgIpc) is 2.79. The lowest BCUT2D eigenvalue weighted by atomic mass is 9.99. The molecule has 0 saturated carbocycles. The van der Waals surface area contributed by atoms with Gasteiger partial charge in [0, 0.05) is 12.8 Å². The third-order valence-corrected chi connectivity index (χ3v) is 5.30. The van der Waals surface area contributed by atoms with Crippen LogP contribution in [0.25, 0.3) is 0 Å². The molecule has 0 radical (unpaired) electrons. The minimum atomic E-state index is -1.33. The van der Waals surface area contributed by atoms with Crippen molar-refractivity contribution in [3.63, 3.8) is 0 Å². The Kier molecular flexibility index (Phi) is 11.5. The van der Waals surface area contributed by atoms with E-state index in [1.54, 1.807) is 6.92 Å². The predicted molar refractivity (Wildman–Crippen MR) is 122 cm³/mol. The molecule has 0 aliphatic carbocycles. The molecule has 0 aromatic heterocycles. The maximum absolute atomic E-state index is 12.7. The van der Waals surface area contributed by atoms with Crippen molar-refractivity contribution in [3.8, 4) is 5.75 Å². The molecule has 0 heterocycles. The van der Waals surface area contributed by atoms with Crippen molar-refractivity contribution in [2.75, 3.05) is 6.54 Å². The van der Waals surface area contributed by atoms with Gasteiger partial charge in [-0.25, -0.2) is 4.79 Å². The van der Waals surface area contributed by atoms with Crippen LogP contribution in [-0.4, -0.2) is 64.5 Å². The standard InChI is InChI=1S/C22H33N5O7/c1-3-12(2)19(24)21(32)25-11-18(30)26-15(8-9-17(23)29)20(31)27-16(22(33)34)10-13-4-6-14(28)7-5-13/h4-7,12,15-16,19,28H,3,8-11,24H2,1-2H3,(H2,23,29)(H,25,32)(H,26,30)(H,27,31)(H,33,34). The van der Waals surface area contributed by atoms with Crippen molar-refractivity contribution in [1.82, 2.24) is 16.0 Å². The first-order chi connectivity index (χ1) is 15.9. The molecule has 1 rings (SSSR count). The van der Waals surface area contributed by atoms with Gasteiger partial charge in [0.25, 0.3) is 0 Å². The van der Waals surface area contributed by atoms with E-state index in [4.69, 9.17) is 11.5 Å². The largest absolute Gasteiger partial charge is 0.508 e. The molecule has 1 aromatic carbocycles. The maximum Gasteiger partial charge on any atom is 0.326 e. The summed E-state index contributed by atoms with van der Waals surface area (Å²) in [6.45, 7) is 3.21. The Morgan fingerprint density at radius 3 is 2.15 bits per heavy atom. The molecule has 0 spiro atoms. The Morgan fingerprint density at radius 1 is 1.00 bits per heavy atom. The molecule has 12 heteroatoms. The van der Waals surface area contributed by atoms with Crippen molar-refractivity contribution in [1.29, 1.82) is 0 Å². The van der Waals surface area contributed by atoms with E-state index in [9.17, 15) is 34.2 Å². The first kappa shape index (κ1) is 28.4. The second-order valence-electron chi connectivity index (χ2n) is 8.02. The average molecular weight is 480 g/mol. The number of amides is 4. The van der Waals surface area contributed by atoms with Crippen molar-refractivity contribution >= 4 is 29.6 Å². The van der Waals surface area contributed by atoms with Crippen LogP contribution < -0.4 is 27.4 Å². The zero-order chi connectivity index (χ0) is 25.8. The number of carboxylic acid groups (broad SMARTS) is 1. The van der Waals surface area contributed by atoms with Crippen molar-refractivity contribution in [3.05, 3.63) is 29.8 Å². The molecule has 12 nitrogen and oxygen atoms in total. The number of hydrogen-bond donors (Lipinski definition) is 7. The van der Waals surface area contributed by atoms with Crippen LogP contribution in [0.3, 0.4) is 0 Å². The minimum absolute atomic E-state index is 0.00564. The van der Waals surface area contributed by atoms with E-state index in [1.807, 2.05) is 6.92 Å². The first-order valence-electron chi connectivity index (χ1n) is 10.9. The molecular weight excluding hydrogens is 446 g/mol. The number of hydrogen-bond acceptors (Lipinski definition) is 7. The smallest absolute Gasteiger partial charge is 0.326 e. The Balaban J connectivity index is 2.81. The molecule has 0 fully saturated rings. The van der Waals surface area contributed by atoms with Gasteiger partial charge in [-0.1, -0.05) is 32.4 Å². The molecule has 0 saturated heterocycles. The van der Waals surface area contributed by atoms with Gasteiger partial charge in [-0.15, -0.1) is 0 Å². The highest BCUT2D eigenvalue weighted by Crippen LogP contribution is 2.12. The van der Waals surface area contributed by atoms with Gasteiger partial charge in [0.05, 0.1) is 12.6 Å². The van der Waals surface area contributed by atoms with Crippen LogP contribution in [0.1, 0.15) is 38.7 Å². The zero-order valence-corrected chi connectivity index (χ0v) is 19.2. The molecule has 0 aliphatic rings. The van der Waals surface area contributed by atoms with Crippen molar-refractivity contribution < 1.29 is 34.2 Å². The topological polar surface area (TPSA) is 214 Å². The van der Waals surface area contributed by atoms with Crippen LogP contribution in [0.2, 0.25) is 0 Å². The highest BCUT2D eigenvalue weighted by molar-refractivity contribution is 5.93.